The number of ether oxygens (including phenoxy) is 1. The van der Waals surface area contributed by atoms with Crippen LogP contribution < -0.4 is 25.6 Å². The molecule has 0 saturated carbocycles. The number of unbranched alkanes of at least 4 members (excludes halogenated alkanes) is 1. The minimum absolute atomic E-state index is 0.0641. The van der Waals surface area contributed by atoms with E-state index >= 15 is 0 Å². The first kappa shape index (κ1) is 31.7. The number of urea groups is 1. The molecule has 2 aliphatic heterocycles. The van der Waals surface area contributed by atoms with E-state index in [1.807, 2.05) is 54.2 Å². The molecular formula is C35H36FN5O3S2. The number of hydrogen-bond acceptors (Lipinski definition) is 7. The molecule has 3 heterocycles. The lowest BCUT2D eigenvalue weighted by molar-refractivity contribution is -0.115. The molecule has 11 heteroatoms. The van der Waals surface area contributed by atoms with Crippen LogP contribution in [0.25, 0.3) is 10.2 Å². The van der Waals surface area contributed by atoms with E-state index in [0.29, 0.717) is 35.1 Å². The van der Waals surface area contributed by atoms with Crippen LogP contribution in [0.1, 0.15) is 36.0 Å². The van der Waals surface area contributed by atoms with Crippen molar-refractivity contribution in [1.82, 2.24) is 20.9 Å². The van der Waals surface area contributed by atoms with Gasteiger partial charge in [-0.05, 0) is 66.8 Å². The number of benzene rings is 3. The summed E-state index contributed by atoms with van der Waals surface area (Å²) in [5.41, 5.74) is 3.64. The van der Waals surface area contributed by atoms with E-state index in [-0.39, 0.29) is 29.8 Å². The smallest absolute Gasteiger partial charge is 0.315 e. The third kappa shape index (κ3) is 7.92. The Morgan fingerprint density at radius 2 is 1.89 bits per heavy atom. The fraction of sp³-hybridized carbons (Fsp3) is 0.343. The highest BCUT2D eigenvalue weighted by Gasteiger charge is 2.42. The molecule has 6 rings (SSSR count). The Hall–Kier alpha value is -4.27. The van der Waals surface area contributed by atoms with Crippen LogP contribution in [0, 0.1) is 17.7 Å². The lowest BCUT2D eigenvalue weighted by atomic mass is 10.0. The quantitative estimate of drug-likeness (QED) is 0.106. The lowest BCUT2D eigenvalue weighted by Crippen LogP contribution is -2.36. The second-order valence-corrected chi connectivity index (χ2v) is 13.7. The molecular weight excluding hydrogens is 622 g/mol. The number of thioether (sulfide) groups is 1. The number of halogens is 1. The fourth-order valence-corrected chi connectivity index (χ4v) is 8.28. The van der Waals surface area contributed by atoms with Crippen molar-refractivity contribution in [2.24, 2.45) is 0 Å². The van der Waals surface area contributed by atoms with Gasteiger partial charge in [-0.3, -0.25) is 4.79 Å². The molecule has 46 heavy (non-hydrogen) atoms. The first-order valence-corrected chi connectivity index (χ1v) is 17.3. The van der Waals surface area contributed by atoms with Gasteiger partial charge in [0.25, 0.3) is 5.91 Å². The van der Waals surface area contributed by atoms with E-state index < -0.39 is 0 Å². The Morgan fingerprint density at radius 1 is 1.09 bits per heavy atom. The molecule has 0 radical (unpaired) electrons. The number of anilines is 1. The molecule has 2 saturated heterocycles. The minimum atomic E-state index is -0.292. The Labute approximate surface area is 276 Å². The molecule has 3 aromatic carbocycles. The van der Waals surface area contributed by atoms with E-state index in [1.165, 1.54) is 23.0 Å². The standard InChI is InChI=1S/C35H36FN5O3S2/c1-44-26-15-12-24(13-16-26)18-20-41(35-39-28-6-4-5-27(36)33(28)46-35)21-25-10-8-23(9-11-25)14-17-31(42)37-19-3-2-7-30-32-29(22-45-30)38-34(43)40-32/h4-6,8-13,15-16,29-30,32H,2-3,7,18-22H2,1H3,(H,37,42)(H2,38,40,43). The molecule has 1 aromatic heterocycles. The number of aromatic nitrogens is 1. The summed E-state index contributed by atoms with van der Waals surface area (Å²) < 4.78 is 20.3. The largest absolute Gasteiger partial charge is 0.497 e. The van der Waals surface area contributed by atoms with Gasteiger partial charge in [-0.15, -0.1) is 0 Å². The topological polar surface area (TPSA) is 95.6 Å². The number of hydrogen-bond donors (Lipinski definition) is 3. The van der Waals surface area contributed by atoms with Gasteiger partial charge in [0, 0.05) is 42.1 Å². The summed E-state index contributed by atoms with van der Waals surface area (Å²) in [6, 6.07) is 21.2. The summed E-state index contributed by atoms with van der Waals surface area (Å²) in [4.78, 5) is 30.8. The van der Waals surface area contributed by atoms with E-state index in [4.69, 9.17) is 9.72 Å². The summed E-state index contributed by atoms with van der Waals surface area (Å²) in [6.07, 6.45) is 3.65. The molecule has 0 aliphatic carbocycles. The lowest BCUT2D eigenvalue weighted by Gasteiger charge is -2.22. The molecule has 8 nitrogen and oxygen atoms in total. The average molecular weight is 658 g/mol. The number of rotatable bonds is 12. The first-order chi connectivity index (χ1) is 22.4. The summed E-state index contributed by atoms with van der Waals surface area (Å²) in [5.74, 6) is 6.87. The molecule has 0 spiro atoms. The number of nitrogens with zero attached hydrogens (tertiary/aromatic N) is 2. The Bertz CT molecular complexity index is 1740. The second kappa shape index (κ2) is 14.9. The molecule has 2 fully saturated rings. The van der Waals surface area contributed by atoms with Crippen molar-refractivity contribution in [2.75, 3.05) is 30.9 Å². The number of carbonyl (C=O) groups is 2. The zero-order chi connectivity index (χ0) is 31.9. The number of thiazole rings is 1. The number of methoxy groups -OCH3 is 1. The van der Waals surface area contributed by atoms with E-state index in [0.717, 1.165) is 53.4 Å². The molecule has 2 aliphatic rings. The minimum Gasteiger partial charge on any atom is -0.497 e. The summed E-state index contributed by atoms with van der Waals surface area (Å²) >= 11 is 3.26. The van der Waals surface area contributed by atoms with Gasteiger partial charge >= 0.3 is 6.03 Å². The predicted molar refractivity (Wildman–Crippen MR) is 183 cm³/mol. The predicted octanol–water partition coefficient (Wildman–Crippen LogP) is 5.50. The van der Waals surface area contributed by atoms with Crippen LogP contribution in [0.4, 0.5) is 14.3 Å². The molecule has 3 N–H and O–H groups in total. The Kier molecular flexibility index (Phi) is 10.3. The maximum atomic E-state index is 14.5. The highest BCUT2D eigenvalue weighted by atomic mass is 32.2. The zero-order valence-electron chi connectivity index (χ0n) is 25.6. The third-order valence-electron chi connectivity index (χ3n) is 8.24. The van der Waals surface area contributed by atoms with Gasteiger partial charge in [0.1, 0.15) is 11.6 Å². The van der Waals surface area contributed by atoms with Gasteiger partial charge < -0.3 is 25.6 Å². The van der Waals surface area contributed by atoms with E-state index in [1.54, 1.807) is 13.2 Å². The Morgan fingerprint density at radius 3 is 2.67 bits per heavy atom. The zero-order valence-corrected chi connectivity index (χ0v) is 27.2. The van der Waals surface area contributed by atoms with Crippen LogP contribution in [0.15, 0.2) is 66.7 Å². The van der Waals surface area contributed by atoms with Gasteiger partial charge in [0.2, 0.25) is 0 Å². The first-order valence-electron chi connectivity index (χ1n) is 15.5. The third-order valence-corrected chi connectivity index (χ3v) is 10.9. The van der Waals surface area contributed by atoms with Crippen LogP contribution >= 0.6 is 23.1 Å². The average Bonchev–Trinajstić information content (AvgIpc) is 3.78. The van der Waals surface area contributed by atoms with Gasteiger partial charge in [0.15, 0.2) is 5.13 Å². The maximum Gasteiger partial charge on any atom is 0.315 e. The number of amides is 3. The van der Waals surface area contributed by atoms with Crippen LogP contribution in [-0.4, -0.2) is 60.2 Å². The van der Waals surface area contributed by atoms with Crippen molar-refractivity contribution in [2.45, 2.75) is 49.6 Å². The monoisotopic (exact) mass is 657 g/mol. The van der Waals surface area contributed by atoms with Crippen LogP contribution in [-0.2, 0) is 17.8 Å². The molecule has 3 atom stereocenters. The number of fused-ring (bicyclic) bond motifs is 2. The SMILES string of the molecule is COc1ccc(CCN(Cc2ccc(C#CC(=O)NCCCCC3SCC4NC(=O)NC43)cc2)c2nc3cccc(F)c3s2)cc1. The summed E-state index contributed by atoms with van der Waals surface area (Å²) in [6.45, 7) is 1.86. The van der Waals surface area contributed by atoms with Crippen molar-refractivity contribution in [1.29, 1.82) is 0 Å². The van der Waals surface area contributed by atoms with Gasteiger partial charge in [-0.2, -0.15) is 11.8 Å². The fourth-order valence-electron chi connectivity index (χ4n) is 5.74. The van der Waals surface area contributed by atoms with Crippen molar-refractivity contribution >= 4 is 50.4 Å². The normalized spacial score (nSPS) is 18.3. The van der Waals surface area contributed by atoms with Crippen molar-refractivity contribution in [3.05, 3.63) is 89.2 Å². The second-order valence-electron chi connectivity index (χ2n) is 11.4. The van der Waals surface area contributed by atoms with Gasteiger partial charge in [-0.25, -0.2) is 14.2 Å². The molecule has 3 amide bonds. The highest BCUT2D eigenvalue weighted by molar-refractivity contribution is 8.00. The maximum absolute atomic E-state index is 14.5. The van der Waals surface area contributed by atoms with Crippen molar-refractivity contribution in [3.63, 3.8) is 0 Å². The van der Waals surface area contributed by atoms with Crippen molar-refractivity contribution in [3.8, 4) is 17.6 Å². The van der Waals surface area contributed by atoms with E-state index in [2.05, 4.69) is 44.8 Å². The highest BCUT2D eigenvalue weighted by Crippen LogP contribution is 2.33. The van der Waals surface area contributed by atoms with Crippen molar-refractivity contribution < 1.29 is 18.7 Å². The summed E-state index contributed by atoms with van der Waals surface area (Å²) in [5, 5.41) is 10.1. The molecule has 238 valence electrons. The van der Waals surface area contributed by atoms with Crippen LogP contribution in [0.5, 0.6) is 5.75 Å². The van der Waals surface area contributed by atoms with Crippen LogP contribution in [0.2, 0.25) is 0 Å². The van der Waals surface area contributed by atoms with Gasteiger partial charge in [-0.1, -0.05) is 54.0 Å². The Balaban J connectivity index is 1.01. The van der Waals surface area contributed by atoms with E-state index in [9.17, 15) is 14.0 Å². The molecule has 0 bridgehead atoms. The summed E-state index contributed by atoms with van der Waals surface area (Å²) in [7, 11) is 1.65. The van der Waals surface area contributed by atoms with Gasteiger partial charge in [0.05, 0.1) is 29.4 Å². The number of carbonyl (C=O) groups excluding carboxylic acids is 2. The molecule has 4 aromatic rings. The number of nitrogens with one attached hydrogen (secondary N) is 3. The molecule has 3 unspecified atom stereocenters. The van der Waals surface area contributed by atoms with Crippen LogP contribution in [0.3, 0.4) is 0 Å².